The molecule has 0 bridgehead atoms. The van der Waals surface area contributed by atoms with Gasteiger partial charge in [0.05, 0.1) is 16.6 Å². The monoisotopic (exact) mass is 720 g/mol. The third-order valence-corrected chi connectivity index (χ3v) is 11.6. The van der Waals surface area contributed by atoms with Crippen LogP contribution < -0.4 is 4.90 Å². The molecule has 6 heteroatoms. The number of fused-ring (bicyclic) bond motifs is 8. The van der Waals surface area contributed by atoms with Crippen LogP contribution in [-0.2, 0) is 5.41 Å². The molecule has 0 N–H and O–H groups in total. The predicted octanol–water partition coefficient (Wildman–Crippen LogP) is 12.4. The number of hydrogen-bond acceptors (Lipinski definition) is 4. The van der Waals surface area contributed by atoms with Crippen LogP contribution >= 0.6 is 0 Å². The van der Waals surface area contributed by atoms with E-state index in [4.69, 9.17) is 0 Å². The Balaban J connectivity index is 1.14. The summed E-state index contributed by atoms with van der Waals surface area (Å²) in [5.74, 6) is 0.651. The molecule has 0 radical (unpaired) electrons. The Morgan fingerprint density at radius 3 is 1.93 bits per heavy atom. The summed E-state index contributed by atoms with van der Waals surface area (Å²) in [6, 6.07) is 59.3. The van der Waals surface area contributed by atoms with Crippen molar-refractivity contribution in [2.45, 2.75) is 19.3 Å². The zero-order valence-electron chi connectivity index (χ0n) is 31.0. The number of benzene rings is 7. The summed E-state index contributed by atoms with van der Waals surface area (Å²) in [7, 11) is 0. The molecule has 11 rings (SSSR count). The molecule has 0 saturated carbocycles. The zero-order valence-corrected chi connectivity index (χ0v) is 31.0. The van der Waals surface area contributed by atoms with Crippen molar-refractivity contribution in [2.24, 2.45) is 0 Å². The number of nitrogens with zero attached hydrogens (tertiary/aromatic N) is 6. The fourth-order valence-electron chi connectivity index (χ4n) is 8.94. The molecule has 0 spiro atoms. The van der Waals surface area contributed by atoms with Crippen LogP contribution in [0.2, 0.25) is 0 Å². The maximum absolute atomic E-state index is 4.41. The van der Waals surface area contributed by atoms with Crippen molar-refractivity contribution in [1.82, 2.24) is 24.1 Å². The standard InChI is InChI=1S/C50H36N6/c1-50(2)44-16-10-9-15-39(44)40-23-21-38(30-45(40)50)55(36-19-17-33(18-20-36)49-52-31-51-32-53-49)37-22-25-47-43(29-37)41-24-26-46-42(27-28-54(46)34-11-5-3-6-12-34)48(41)56(47)35-13-7-4-8-14-35/h3-32H,1-2H3. The summed E-state index contributed by atoms with van der Waals surface area (Å²) >= 11 is 0. The first-order valence-corrected chi connectivity index (χ1v) is 19.0. The molecule has 7 aromatic carbocycles. The van der Waals surface area contributed by atoms with Crippen LogP contribution in [0, 0.1) is 0 Å². The SMILES string of the molecule is CC1(C)c2ccccc2-c2ccc(N(c3ccc(-c4ncncn4)cc3)c3ccc4c(c3)c3ccc5c(ccn5-c5ccccc5)c3n4-c3ccccc3)cc21. The second-order valence-corrected chi connectivity index (χ2v) is 15.0. The smallest absolute Gasteiger partial charge is 0.162 e. The van der Waals surface area contributed by atoms with Crippen LogP contribution in [-0.4, -0.2) is 24.1 Å². The highest BCUT2D eigenvalue weighted by Crippen LogP contribution is 2.51. The van der Waals surface area contributed by atoms with Crippen molar-refractivity contribution in [3.63, 3.8) is 0 Å². The molecule has 266 valence electrons. The molecule has 0 atom stereocenters. The highest BCUT2D eigenvalue weighted by atomic mass is 15.1. The maximum Gasteiger partial charge on any atom is 0.162 e. The minimum absolute atomic E-state index is 0.134. The Bertz CT molecular complexity index is 3090. The van der Waals surface area contributed by atoms with Gasteiger partial charge in [0.25, 0.3) is 0 Å². The van der Waals surface area contributed by atoms with E-state index in [1.54, 1.807) is 12.7 Å². The first-order valence-electron chi connectivity index (χ1n) is 19.0. The van der Waals surface area contributed by atoms with Gasteiger partial charge in [0.2, 0.25) is 0 Å². The third kappa shape index (κ3) is 4.85. The van der Waals surface area contributed by atoms with E-state index < -0.39 is 0 Å². The van der Waals surface area contributed by atoms with Gasteiger partial charge < -0.3 is 14.0 Å². The van der Waals surface area contributed by atoms with E-state index in [0.29, 0.717) is 5.82 Å². The van der Waals surface area contributed by atoms with Crippen LogP contribution in [0.25, 0.3) is 66.6 Å². The lowest BCUT2D eigenvalue weighted by atomic mass is 9.82. The molecule has 3 aromatic heterocycles. The highest BCUT2D eigenvalue weighted by molar-refractivity contribution is 6.19. The Kier molecular flexibility index (Phi) is 7.10. The Hall–Kier alpha value is -7.31. The highest BCUT2D eigenvalue weighted by Gasteiger charge is 2.35. The van der Waals surface area contributed by atoms with Crippen molar-refractivity contribution in [3.05, 3.63) is 194 Å². The van der Waals surface area contributed by atoms with Gasteiger partial charge in [-0.15, -0.1) is 0 Å². The van der Waals surface area contributed by atoms with E-state index in [1.807, 2.05) is 0 Å². The van der Waals surface area contributed by atoms with Gasteiger partial charge in [-0.05, 0) is 113 Å². The topological polar surface area (TPSA) is 51.8 Å². The summed E-state index contributed by atoms with van der Waals surface area (Å²) < 4.78 is 4.71. The lowest BCUT2D eigenvalue weighted by Crippen LogP contribution is -2.16. The van der Waals surface area contributed by atoms with Crippen molar-refractivity contribution in [3.8, 4) is 33.9 Å². The summed E-state index contributed by atoms with van der Waals surface area (Å²) in [6.45, 7) is 4.68. The summed E-state index contributed by atoms with van der Waals surface area (Å²) in [6.07, 6.45) is 5.27. The molecule has 6 nitrogen and oxygen atoms in total. The first-order chi connectivity index (χ1) is 27.5. The van der Waals surface area contributed by atoms with E-state index in [-0.39, 0.29) is 5.41 Å². The third-order valence-electron chi connectivity index (χ3n) is 11.6. The number of para-hydroxylation sites is 2. The Morgan fingerprint density at radius 1 is 0.500 bits per heavy atom. The van der Waals surface area contributed by atoms with Crippen LogP contribution in [0.4, 0.5) is 17.1 Å². The number of rotatable bonds is 6. The molecule has 0 fully saturated rings. The molecular weight excluding hydrogens is 685 g/mol. The molecule has 3 heterocycles. The average molecular weight is 721 g/mol. The molecule has 56 heavy (non-hydrogen) atoms. The van der Waals surface area contributed by atoms with E-state index >= 15 is 0 Å². The number of aromatic nitrogens is 5. The van der Waals surface area contributed by atoms with Crippen molar-refractivity contribution in [2.75, 3.05) is 4.90 Å². The van der Waals surface area contributed by atoms with Gasteiger partial charge in [-0.3, -0.25) is 0 Å². The molecule has 0 saturated heterocycles. The van der Waals surface area contributed by atoms with Gasteiger partial charge in [-0.2, -0.15) is 0 Å². The van der Waals surface area contributed by atoms with Gasteiger partial charge >= 0.3 is 0 Å². The van der Waals surface area contributed by atoms with Crippen LogP contribution in [0.15, 0.2) is 183 Å². The predicted molar refractivity (Wildman–Crippen MR) is 229 cm³/mol. The lowest BCUT2D eigenvalue weighted by molar-refractivity contribution is 0.660. The number of hydrogen-bond donors (Lipinski definition) is 0. The van der Waals surface area contributed by atoms with Gasteiger partial charge in [0.15, 0.2) is 5.82 Å². The van der Waals surface area contributed by atoms with Crippen LogP contribution in [0.5, 0.6) is 0 Å². The number of anilines is 3. The zero-order chi connectivity index (χ0) is 37.4. The van der Waals surface area contributed by atoms with E-state index in [9.17, 15) is 0 Å². The quantitative estimate of drug-likeness (QED) is 0.172. The van der Waals surface area contributed by atoms with Gasteiger partial charge in [0, 0.05) is 61.8 Å². The van der Waals surface area contributed by atoms with Crippen molar-refractivity contribution in [1.29, 1.82) is 0 Å². The second kappa shape index (κ2) is 12.4. The normalized spacial score (nSPS) is 13.0. The minimum Gasteiger partial charge on any atom is -0.316 e. The molecule has 1 aliphatic carbocycles. The summed E-state index contributed by atoms with van der Waals surface area (Å²) in [4.78, 5) is 15.2. The molecule has 0 unspecified atom stereocenters. The van der Waals surface area contributed by atoms with Crippen LogP contribution in [0.3, 0.4) is 0 Å². The fraction of sp³-hybridized carbons (Fsp3) is 0.0600. The van der Waals surface area contributed by atoms with E-state index in [2.05, 4.69) is 213 Å². The van der Waals surface area contributed by atoms with Gasteiger partial charge in [-0.1, -0.05) is 86.6 Å². The largest absolute Gasteiger partial charge is 0.316 e. The average Bonchev–Trinajstić information content (AvgIpc) is 3.91. The van der Waals surface area contributed by atoms with Gasteiger partial charge in [-0.25, -0.2) is 15.0 Å². The Labute approximate surface area is 324 Å². The summed E-state index contributed by atoms with van der Waals surface area (Å²) in [5, 5.41) is 3.61. The first kappa shape index (κ1) is 32.1. The van der Waals surface area contributed by atoms with Crippen molar-refractivity contribution >= 4 is 49.8 Å². The Morgan fingerprint density at radius 2 is 1.14 bits per heavy atom. The summed E-state index contributed by atoms with van der Waals surface area (Å²) in [5.41, 5.74) is 15.1. The molecular formula is C50H36N6. The van der Waals surface area contributed by atoms with Crippen molar-refractivity contribution < 1.29 is 0 Å². The van der Waals surface area contributed by atoms with Crippen LogP contribution in [0.1, 0.15) is 25.0 Å². The molecule has 0 amide bonds. The molecule has 0 aliphatic heterocycles. The minimum atomic E-state index is -0.134. The molecule has 1 aliphatic rings. The second-order valence-electron chi connectivity index (χ2n) is 15.0. The van der Waals surface area contributed by atoms with Gasteiger partial charge in [0.1, 0.15) is 12.7 Å². The maximum atomic E-state index is 4.41. The van der Waals surface area contributed by atoms with E-state index in [1.165, 1.54) is 49.4 Å². The fourth-order valence-corrected chi connectivity index (χ4v) is 8.94. The molecule has 10 aromatic rings. The van der Waals surface area contributed by atoms with E-state index in [0.717, 1.165) is 39.5 Å². The lowest BCUT2D eigenvalue weighted by Gasteiger charge is -2.28.